The van der Waals surface area contributed by atoms with Crippen molar-refractivity contribution < 1.29 is 14.3 Å². The van der Waals surface area contributed by atoms with Crippen LogP contribution in [0.25, 0.3) is 0 Å². The molecule has 3 rings (SSSR count). The van der Waals surface area contributed by atoms with Gasteiger partial charge < -0.3 is 15.4 Å². The minimum absolute atomic E-state index is 0.210. The van der Waals surface area contributed by atoms with E-state index >= 15 is 0 Å². The summed E-state index contributed by atoms with van der Waals surface area (Å²) in [5.74, 6) is -0.252. The van der Waals surface area contributed by atoms with E-state index in [2.05, 4.69) is 25.6 Å². The average Bonchev–Trinajstić information content (AvgIpc) is 2.70. The molecule has 7 heteroatoms. The quantitative estimate of drug-likeness (QED) is 0.674. The van der Waals surface area contributed by atoms with Gasteiger partial charge in [-0.05, 0) is 55.5 Å². The SMILES string of the molecule is COC(=O)c1ccc(Nc2ccc(C(=O)Nc3ccc(C)cc3)nn2)cc1. The highest BCUT2D eigenvalue weighted by Crippen LogP contribution is 2.16. The molecule has 0 aliphatic heterocycles. The first-order chi connectivity index (χ1) is 13.0. The van der Waals surface area contributed by atoms with E-state index in [0.29, 0.717) is 17.1 Å². The Kier molecular flexibility index (Phi) is 5.41. The number of carbonyl (C=O) groups excluding carboxylic acids is 2. The summed E-state index contributed by atoms with van der Waals surface area (Å²) in [5.41, 5.74) is 3.20. The molecule has 0 aliphatic carbocycles. The van der Waals surface area contributed by atoms with Crippen LogP contribution >= 0.6 is 0 Å². The lowest BCUT2D eigenvalue weighted by atomic mass is 10.2. The van der Waals surface area contributed by atoms with Crippen LogP contribution in [0, 0.1) is 6.92 Å². The Balaban J connectivity index is 1.63. The molecule has 0 saturated carbocycles. The summed E-state index contributed by atoms with van der Waals surface area (Å²) in [4.78, 5) is 23.6. The van der Waals surface area contributed by atoms with Crippen molar-refractivity contribution in [2.24, 2.45) is 0 Å². The Hall–Kier alpha value is -3.74. The number of nitrogens with zero attached hydrogens (tertiary/aromatic N) is 2. The fourth-order valence-corrected chi connectivity index (χ4v) is 2.31. The number of carbonyl (C=O) groups is 2. The maximum absolute atomic E-state index is 12.2. The molecular formula is C20H18N4O3. The monoisotopic (exact) mass is 362 g/mol. The fourth-order valence-electron chi connectivity index (χ4n) is 2.31. The van der Waals surface area contributed by atoms with Gasteiger partial charge in [0.05, 0.1) is 12.7 Å². The van der Waals surface area contributed by atoms with Gasteiger partial charge in [-0.1, -0.05) is 17.7 Å². The molecule has 2 N–H and O–H groups in total. The first-order valence-electron chi connectivity index (χ1n) is 8.22. The first-order valence-corrected chi connectivity index (χ1v) is 8.22. The molecule has 1 amide bonds. The second-order valence-electron chi connectivity index (χ2n) is 5.82. The number of rotatable bonds is 5. The van der Waals surface area contributed by atoms with E-state index in [-0.39, 0.29) is 11.6 Å². The summed E-state index contributed by atoms with van der Waals surface area (Å²) in [6.45, 7) is 1.98. The topological polar surface area (TPSA) is 93.2 Å². The lowest BCUT2D eigenvalue weighted by molar-refractivity contribution is 0.0600. The zero-order valence-electron chi connectivity index (χ0n) is 14.9. The van der Waals surface area contributed by atoms with Crippen LogP contribution in [-0.4, -0.2) is 29.2 Å². The van der Waals surface area contributed by atoms with Gasteiger partial charge in [0.25, 0.3) is 5.91 Å². The van der Waals surface area contributed by atoms with E-state index in [0.717, 1.165) is 11.3 Å². The molecule has 1 heterocycles. The third-order valence-electron chi connectivity index (χ3n) is 3.79. The Bertz CT molecular complexity index is 936. The molecule has 136 valence electrons. The summed E-state index contributed by atoms with van der Waals surface area (Å²) < 4.78 is 4.66. The van der Waals surface area contributed by atoms with E-state index < -0.39 is 5.97 Å². The van der Waals surface area contributed by atoms with E-state index in [4.69, 9.17) is 0 Å². The van der Waals surface area contributed by atoms with Crippen LogP contribution in [0.2, 0.25) is 0 Å². The number of hydrogen-bond acceptors (Lipinski definition) is 6. The van der Waals surface area contributed by atoms with Gasteiger partial charge in [0.2, 0.25) is 0 Å². The molecule has 0 bridgehead atoms. The maximum atomic E-state index is 12.2. The molecular weight excluding hydrogens is 344 g/mol. The summed E-state index contributed by atoms with van der Waals surface area (Å²) in [7, 11) is 1.33. The van der Waals surface area contributed by atoms with Crippen molar-refractivity contribution >= 4 is 29.1 Å². The fraction of sp³-hybridized carbons (Fsp3) is 0.100. The zero-order valence-corrected chi connectivity index (χ0v) is 14.9. The van der Waals surface area contributed by atoms with Crippen LogP contribution in [-0.2, 0) is 4.74 Å². The van der Waals surface area contributed by atoms with Gasteiger partial charge in [0.15, 0.2) is 11.5 Å². The van der Waals surface area contributed by atoms with Crippen LogP contribution in [0.4, 0.5) is 17.2 Å². The van der Waals surface area contributed by atoms with Crippen molar-refractivity contribution in [1.82, 2.24) is 10.2 Å². The Labute approximate surface area is 156 Å². The summed E-state index contributed by atoms with van der Waals surface area (Å²) in [6.07, 6.45) is 0. The number of aromatic nitrogens is 2. The van der Waals surface area contributed by atoms with Gasteiger partial charge in [-0.25, -0.2) is 4.79 Å². The van der Waals surface area contributed by atoms with Crippen molar-refractivity contribution in [1.29, 1.82) is 0 Å². The van der Waals surface area contributed by atoms with Gasteiger partial charge in [0, 0.05) is 11.4 Å². The lowest BCUT2D eigenvalue weighted by Crippen LogP contribution is -2.14. The average molecular weight is 362 g/mol. The molecule has 0 fully saturated rings. The zero-order chi connectivity index (χ0) is 19.2. The molecule has 0 aliphatic rings. The Morgan fingerprint density at radius 3 is 2.11 bits per heavy atom. The van der Waals surface area contributed by atoms with Crippen LogP contribution in [0.3, 0.4) is 0 Å². The predicted octanol–water partition coefficient (Wildman–Crippen LogP) is 3.57. The highest BCUT2D eigenvalue weighted by Gasteiger charge is 2.09. The normalized spacial score (nSPS) is 10.1. The van der Waals surface area contributed by atoms with Gasteiger partial charge in [0.1, 0.15) is 0 Å². The molecule has 0 spiro atoms. The number of methoxy groups -OCH3 is 1. The summed E-state index contributed by atoms with van der Waals surface area (Å²) in [5, 5.41) is 13.8. The number of esters is 1. The third kappa shape index (κ3) is 4.66. The van der Waals surface area contributed by atoms with E-state index in [1.807, 2.05) is 31.2 Å². The van der Waals surface area contributed by atoms with Gasteiger partial charge >= 0.3 is 5.97 Å². The van der Waals surface area contributed by atoms with Crippen molar-refractivity contribution in [2.75, 3.05) is 17.7 Å². The Morgan fingerprint density at radius 2 is 1.52 bits per heavy atom. The number of ether oxygens (including phenoxy) is 1. The van der Waals surface area contributed by atoms with E-state index in [1.165, 1.54) is 7.11 Å². The molecule has 1 aromatic heterocycles. The molecule has 7 nitrogen and oxygen atoms in total. The lowest BCUT2D eigenvalue weighted by Gasteiger charge is -2.07. The highest BCUT2D eigenvalue weighted by molar-refractivity contribution is 6.02. The Morgan fingerprint density at radius 1 is 0.852 bits per heavy atom. The number of nitrogens with one attached hydrogen (secondary N) is 2. The number of aryl methyl sites for hydroxylation is 1. The second kappa shape index (κ2) is 8.09. The van der Waals surface area contributed by atoms with Crippen molar-refractivity contribution in [3.8, 4) is 0 Å². The molecule has 0 atom stereocenters. The van der Waals surface area contributed by atoms with Crippen molar-refractivity contribution in [2.45, 2.75) is 6.92 Å². The molecule has 3 aromatic rings. The van der Waals surface area contributed by atoms with Crippen molar-refractivity contribution in [3.63, 3.8) is 0 Å². The largest absolute Gasteiger partial charge is 0.465 e. The molecule has 0 saturated heterocycles. The number of anilines is 3. The maximum Gasteiger partial charge on any atom is 0.337 e. The van der Waals surface area contributed by atoms with Gasteiger partial charge in [-0.2, -0.15) is 0 Å². The van der Waals surface area contributed by atoms with Gasteiger partial charge in [-0.3, -0.25) is 4.79 Å². The van der Waals surface area contributed by atoms with E-state index in [1.54, 1.807) is 36.4 Å². The van der Waals surface area contributed by atoms with Crippen LogP contribution < -0.4 is 10.6 Å². The predicted molar refractivity (Wildman–Crippen MR) is 102 cm³/mol. The third-order valence-corrected chi connectivity index (χ3v) is 3.79. The molecule has 0 radical (unpaired) electrons. The minimum Gasteiger partial charge on any atom is -0.465 e. The molecule has 27 heavy (non-hydrogen) atoms. The first kappa shape index (κ1) is 18.1. The van der Waals surface area contributed by atoms with Crippen LogP contribution in [0.1, 0.15) is 26.4 Å². The smallest absolute Gasteiger partial charge is 0.337 e. The number of hydrogen-bond donors (Lipinski definition) is 2. The van der Waals surface area contributed by atoms with Crippen LogP contribution in [0.5, 0.6) is 0 Å². The minimum atomic E-state index is -0.398. The standard InChI is InChI=1S/C20H18N4O3/c1-13-3-7-16(8-4-13)22-19(25)17-11-12-18(24-23-17)21-15-9-5-14(6-10-15)20(26)27-2/h3-12H,1-2H3,(H,21,24)(H,22,25). The highest BCUT2D eigenvalue weighted by atomic mass is 16.5. The molecule has 0 unspecified atom stereocenters. The van der Waals surface area contributed by atoms with E-state index in [9.17, 15) is 9.59 Å². The van der Waals surface area contributed by atoms with Crippen LogP contribution in [0.15, 0.2) is 60.7 Å². The number of benzene rings is 2. The number of amides is 1. The summed E-state index contributed by atoms with van der Waals surface area (Å²) in [6, 6.07) is 17.5. The van der Waals surface area contributed by atoms with Crippen molar-refractivity contribution in [3.05, 3.63) is 77.5 Å². The summed E-state index contributed by atoms with van der Waals surface area (Å²) >= 11 is 0. The molecule has 2 aromatic carbocycles. The second-order valence-corrected chi connectivity index (χ2v) is 5.82. The van der Waals surface area contributed by atoms with Gasteiger partial charge in [-0.15, -0.1) is 10.2 Å².